The van der Waals surface area contributed by atoms with Crippen molar-refractivity contribution in [3.05, 3.63) is 82.9 Å². The molecule has 0 saturated heterocycles. The summed E-state index contributed by atoms with van der Waals surface area (Å²) >= 11 is 0. The number of carbonyl (C=O) groups excluding carboxylic acids is 1. The van der Waals surface area contributed by atoms with Crippen molar-refractivity contribution < 1.29 is 19.4 Å². The molecule has 4 N–H and O–H groups in total. The molecule has 2 aromatic carbocycles. The van der Waals surface area contributed by atoms with Crippen molar-refractivity contribution >= 4 is 5.91 Å². The van der Waals surface area contributed by atoms with Gasteiger partial charge in [0.15, 0.2) is 5.82 Å². The maximum atomic E-state index is 12.7. The van der Waals surface area contributed by atoms with E-state index < -0.39 is 18.0 Å². The number of amides is 1. The molecule has 4 rings (SSSR count). The molecule has 2 atom stereocenters. The Morgan fingerprint density at radius 2 is 1.84 bits per heavy atom. The van der Waals surface area contributed by atoms with Gasteiger partial charge in [-0.2, -0.15) is 0 Å². The molecule has 1 amide bonds. The minimum absolute atomic E-state index is 0.209. The van der Waals surface area contributed by atoms with Gasteiger partial charge in [0.25, 0.3) is 0 Å². The van der Waals surface area contributed by atoms with Gasteiger partial charge in [0.2, 0.25) is 12.3 Å². The lowest BCUT2D eigenvalue weighted by Crippen LogP contribution is -2.51. The lowest BCUT2D eigenvalue weighted by atomic mass is 10.1. The van der Waals surface area contributed by atoms with Gasteiger partial charge in [-0.3, -0.25) is 4.79 Å². The minimum atomic E-state index is -1.07. The third-order valence-electron chi connectivity index (χ3n) is 6.37. The van der Waals surface area contributed by atoms with Crippen LogP contribution in [-0.2, 0) is 40.6 Å². The number of rotatable bonds is 11. The van der Waals surface area contributed by atoms with E-state index in [4.69, 9.17) is 15.2 Å². The van der Waals surface area contributed by atoms with E-state index in [1.807, 2.05) is 66.1 Å². The Labute approximate surface area is 217 Å². The summed E-state index contributed by atoms with van der Waals surface area (Å²) in [6.07, 6.45) is -1.07. The van der Waals surface area contributed by atoms with Gasteiger partial charge in [-0.1, -0.05) is 54.6 Å². The van der Waals surface area contributed by atoms with Crippen LogP contribution < -0.4 is 11.1 Å². The average Bonchev–Trinajstić information content (AvgIpc) is 3.30. The van der Waals surface area contributed by atoms with Gasteiger partial charge >= 0.3 is 0 Å². The number of nitrogens with zero attached hydrogens (tertiary/aromatic N) is 4. The molecule has 0 spiro atoms. The SMILES string of the molecule is Cc1ccccc1CO[C@@H](O)N1CCn2c(nnc2[C@@H](COCc2ccccc2)NC(=O)C(C)(C)N)C1. The molecule has 198 valence electrons. The standard InChI is InChI=1S/C27H36N6O4/c1-19-9-7-8-12-21(19)17-37-26(35)32-13-14-33-23(15-32)30-31-24(33)22(29-25(34)27(2,3)28)18-36-16-20-10-5-4-6-11-20/h4-12,22,26,35H,13-18,28H2,1-3H3,(H,29,34)/t22-,26-/m1/s1. The summed E-state index contributed by atoms with van der Waals surface area (Å²) in [6.45, 7) is 7.65. The maximum absolute atomic E-state index is 12.7. The number of hydrogen-bond acceptors (Lipinski definition) is 8. The second kappa shape index (κ2) is 11.9. The molecule has 0 radical (unpaired) electrons. The molecule has 1 aliphatic heterocycles. The van der Waals surface area contributed by atoms with Crippen LogP contribution in [0.4, 0.5) is 0 Å². The molecule has 0 unspecified atom stereocenters. The topological polar surface area (TPSA) is 128 Å². The first-order valence-corrected chi connectivity index (χ1v) is 12.4. The number of hydrogen-bond donors (Lipinski definition) is 3. The van der Waals surface area contributed by atoms with Crippen LogP contribution >= 0.6 is 0 Å². The summed E-state index contributed by atoms with van der Waals surface area (Å²) in [5.41, 5.74) is 8.14. The van der Waals surface area contributed by atoms with E-state index in [0.29, 0.717) is 44.5 Å². The number of ether oxygens (including phenoxy) is 2. The van der Waals surface area contributed by atoms with Crippen LogP contribution in [0, 0.1) is 6.92 Å². The van der Waals surface area contributed by atoms with Crippen molar-refractivity contribution in [2.24, 2.45) is 5.73 Å². The van der Waals surface area contributed by atoms with Crippen LogP contribution in [0.1, 0.15) is 48.2 Å². The fourth-order valence-corrected chi connectivity index (χ4v) is 4.08. The van der Waals surface area contributed by atoms with Crippen LogP contribution in [0.5, 0.6) is 0 Å². The number of nitrogens with one attached hydrogen (secondary N) is 1. The lowest BCUT2D eigenvalue weighted by molar-refractivity contribution is -0.207. The van der Waals surface area contributed by atoms with Gasteiger partial charge in [0.1, 0.15) is 11.9 Å². The predicted molar refractivity (Wildman–Crippen MR) is 138 cm³/mol. The zero-order valence-electron chi connectivity index (χ0n) is 21.6. The van der Waals surface area contributed by atoms with E-state index in [0.717, 1.165) is 16.7 Å². The number of aromatic nitrogens is 3. The summed E-state index contributed by atoms with van der Waals surface area (Å²) < 4.78 is 13.6. The highest BCUT2D eigenvalue weighted by atomic mass is 16.6. The number of aryl methyl sites for hydroxylation is 1. The van der Waals surface area contributed by atoms with Crippen molar-refractivity contribution in [2.75, 3.05) is 13.2 Å². The second-order valence-electron chi connectivity index (χ2n) is 9.91. The fraction of sp³-hybridized carbons (Fsp3) is 0.444. The lowest BCUT2D eigenvalue weighted by Gasteiger charge is -2.32. The van der Waals surface area contributed by atoms with Crippen LogP contribution in [-0.4, -0.2) is 55.8 Å². The first-order chi connectivity index (χ1) is 17.7. The minimum Gasteiger partial charge on any atom is -0.374 e. The Morgan fingerprint density at radius 1 is 1.11 bits per heavy atom. The number of fused-ring (bicyclic) bond motifs is 1. The molecule has 0 fully saturated rings. The second-order valence-corrected chi connectivity index (χ2v) is 9.91. The van der Waals surface area contributed by atoms with E-state index in [2.05, 4.69) is 15.5 Å². The molecule has 10 heteroatoms. The number of aliphatic hydroxyl groups is 1. The Kier molecular flexibility index (Phi) is 8.67. The first kappa shape index (κ1) is 26.9. The fourth-order valence-electron chi connectivity index (χ4n) is 4.08. The number of nitrogens with two attached hydrogens (primary N) is 1. The van der Waals surface area contributed by atoms with E-state index in [1.54, 1.807) is 18.7 Å². The van der Waals surface area contributed by atoms with Crippen LogP contribution in [0.25, 0.3) is 0 Å². The van der Waals surface area contributed by atoms with E-state index in [1.165, 1.54) is 0 Å². The predicted octanol–water partition coefficient (Wildman–Crippen LogP) is 2.01. The molecule has 0 bridgehead atoms. The highest BCUT2D eigenvalue weighted by molar-refractivity contribution is 5.85. The molecular weight excluding hydrogens is 472 g/mol. The molecule has 37 heavy (non-hydrogen) atoms. The first-order valence-electron chi connectivity index (χ1n) is 12.4. The smallest absolute Gasteiger partial charge is 0.240 e. The summed E-state index contributed by atoms with van der Waals surface area (Å²) in [5, 5.41) is 22.4. The van der Waals surface area contributed by atoms with Crippen molar-refractivity contribution in [1.29, 1.82) is 0 Å². The molecule has 1 aromatic heterocycles. The Balaban J connectivity index is 1.42. The zero-order chi connectivity index (χ0) is 26.4. The van der Waals surface area contributed by atoms with Crippen LogP contribution in [0.2, 0.25) is 0 Å². The van der Waals surface area contributed by atoms with Gasteiger partial charge in [0, 0.05) is 13.1 Å². The largest absolute Gasteiger partial charge is 0.374 e. The molecule has 2 heterocycles. The summed E-state index contributed by atoms with van der Waals surface area (Å²) in [4.78, 5) is 14.5. The number of aliphatic hydroxyl groups excluding tert-OH is 1. The van der Waals surface area contributed by atoms with Crippen molar-refractivity contribution in [1.82, 2.24) is 25.0 Å². The Hall–Kier alpha value is -3.15. The van der Waals surface area contributed by atoms with Gasteiger partial charge < -0.3 is 30.2 Å². The van der Waals surface area contributed by atoms with Crippen molar-refractivity contribution in [3.8, 4) is 0 Å². The third kappa shape index (κ3) is 7.00. The Morgan fingerprint density at radius 3 is 2.57 bits per heavy atom. The van der Waals surface area contributed by atoms with Crippen molar-refractivity contribution in [3.63, 3.8) is 0 Å². The van der Waals surface area contributed by atoms with Gasteiger partial charge in [-0.15, -0.1) is 10.2 Å². The summed E-state index contributed by atoms with van der Waals surface area (Å²) in [7, 11) is 0. The molecule has 3 aromatic rings. The zero-order valence-corrected chi connectivity index (χ0v) is 21.6. The number of carbonyl (C=O) groups is 1. The molecular formula is C27H36N6O4. The van der Waals surface area contributed by atoms with Gasteiger partial charge in [0.05, 0.1) is 31.9 Å². The highest BCUT2D eigenvalue weighted by Crippen LogP contribution is 2.21. The summed E-state index contributed by atoms with van der Waals surface area (Å²) in [5.74, 6) is 0.959. The van der Waals surface area contributed by atoms with Gasteiger partial charge in [-0.05, 0) is 37.5 Å². The average molecular weight is 509 g/mol. The van der Waals surface area contributed by atoms with Crippen LogP contribution in [0.3, 0.4) is 0 Å². The molecule has 0 saturated carbocycles. The number of benzene rings is 2. The highest BCUT2D eigenvalue weighted by Gasteiger charge is 2.32. The molecule has 0 aliphatic carbocycles. The molecule has 1 aliphatic rings. The Bertz CT molecular complexity index is 1180. The molecule has 10 nitrogen and oxygen atoms in total. The van der Waals surface area contributed by atoms with Gasteiger partial charge in [-0.25, -0.2) is 4.90 Å². The van der Waals surface area contributed by atoms with E-state index >= 15 is 0 Å². The van der Waals surface area contributed by atoms with E-state index in [-0.39, 0.29) is 12.5 Å². The summed E-state index contributed by atoms with van der Waals surface area (Å²) in [6, 6.07) is 17.2. The monoisotopic (exact) mass is 508 g/mol. The van der Waals surface area contributed by atoms with E-state index in [9.17, 15) is 9.90 Å². The quantitative estimate of drug-likeness (QED) is 0.336. The normalized spacial score (nSPS) is 15.7. The third-order valence-corrected chi connectivity index (χ3v) is 6.37. The van der Waals surface area contributed by atoms with Crippen molar-refractivity contribution in [2.45, 2.75) is 65.1 Å². The maximum Gasteiger partial charge on any atom is 0.240 e. The van der Waals surface area contributed by atoms with Crippen LogP contribution in [0.15, 0.2) is 54.6 Å².